The van der Waals surface area contributed by atoms with E-state index >= 15 is 0 Å². The van der Waals surface area contributed by atoms with Crippen LogP contribution in [0.25, 0.3) is 0 Å². The Morgan fingerprint density at radius 3 is 2.65 bits per heavy atom. The summed E-state index contributed by atoms with van der Waals surface area (Å²) >= 11 is 0. The fourth-order valence-electron chi connectivity index (χ4n) is 7.11. The summed E-state index contributed by atoms with van der Waals surface area (Å²) in [7, 11) is -4.31. The number of benzene rings is 2. The standard InChI is InChI=1S/C32H36N2O5S/c1-19(35)15-20-7-6-8-21(16-20)31(2,3)29-23-18-24-28(39-27(23)11-13-33-29)12-14-34-26-10-9-22(40(36,37)38)17-25(26)32(4,5)30(24)34/h6-10,16-18,27-28H,11-15H2,1-5H3,(H,36,37,38)/p+1. The van der Waals surface area contributed by atoms with Crippen LogP contribution in [0, 0.1) is 0 Å². The van der Waals surface area contributed by atoms with Crippen LogP contribution in [0.4, 0.5) is 5.69 Å². The SMILES string of the molecule is CC(=O)Cc1cccc(C(C)(C)C2=C3C=C4C5=[N+](CCC4OC3CCN2)c2ccc(S(=O)(=O)O)cc2C5(C)C)c1. The van der Waals surface area contributed by atoms with Gasteiger partial charge in [0, 0.05) is 53.3 Å². The third kappa shape index (κ3) is 4.28. The summed E-state index contributed by atoms with van der Waals surface area (Å²) in [5, 5.41) is 3.71. The molecule has 2 N–H and O–H groups in total. The Kier molecular flexibility index (Phi) is 6.25. The lowest BCUT2D eigenvalue weighted by Crippen LogP contribution is -2.48. The van der Waals surface area contributed by atoms with E-state index in [1.807, 2.05) is 18.2 Å². The largest absolute Gasteiger partial charge is 0.387 e. The molecule has 6 rings (SSSR count). The molecule has 0 spiro atoms. The predicted molar refractivity (Wildman–Crippen MR) is 154 cm³/mol. The molecule has 2 atom stereocenters. The van der Waals surface area contributed by atoms with E-state index in [9.17, 15) is 17.8 Å². The number of hydrogen-bond acceptors (Lipinski definition) is 5. The van der Waals surface area contributed by atoms with Gasteiger partial charge in [0.05, 0.1) is 22.5 Å². The van der Waals surface area contributed by atoms with Gasteiger partial charge in [-0.05, 0) is 56.5 Å². The number of nitrogens with one attached hydrogen (secondary N) is 1. The van der Waals surface area contributed by atoms with E-state index in [-0.39, 0.29) is 28.3 Å². The van der Waals surface area contributed by atoms with Crippen molar-refractivity contribution in [2.24, 2.45) is 0 Å². The molecule has 0 aromatic heterocycles. The van der Waals surface area contributed by atoms with Crippen molar-refractivity contribution in [3.63, 3.8) is 0 Å². The van der Waals surface area contributed by atoms with E-state index in [0.717, 1.165) is 70.9 Å². The van der Waals surface area contributed by atoms with Crippen molar-refractivity contribution in [3.05, 3.63) is 82.1 Å². The first-order chi connectivity index (χ1) is 18.8. The highest BCUT2D eigenvalue weighted by Crippen LogP contribution is 2.48. The first kappa shape index (κ1) is 27.1. The highest BCUT2D eigenvalue weighted by molar-refractivity contribution is 7.85. The van der Waals surface area contributed by atoms with Gasteiger partial charge in [-0.1, -0.05) is 38.1 Å². The van der Waals surface area contributed by atoms with E-state index in [0.29, 0.717) is 6.42 Å². The summed E-state index contributed by atoms with van der Waals surface area (Å²) in [4.78, 5) is 11.7. The van der Waals surface area contributed by atoms with Gasteiger partial charge in [-0.2, -0.15) is 13.0 Å². The first-order valence-electron chi connectivity index (χ1n) is 14.0. The average Bonchev–Trinajstić information content (AvgIpc) is 3.12. The first-order valence-corrected chi connectivity index (χ1v) is 15.4. The van der Waals surface area contributed by atoms with E-state index in [4.69, 9.17) is 4.74 Å². The van der Waals surface area contributed by atoms with Gasteiger partial charge in [-0.3, -0.25) is 9.35 Å². The highest BCUT2D eigenvalue weighted by Gasteiger charge is 2.53. The van der Waals surface area contributed by atoms with Crippen LogP contribution in [0.2, 0.25) is 0 Å². The number of rotatable bonds is 5. The molecule has 2 unspecified atom stereocenters. The van der Waals surface area contributed by atoms with Crippen LogP contribution >= 0.6 is 0 Å². The van der Waals surface area contributed by atoms with Crippen molar-refractivity contribution in [2.45, 2.75) is 81.8 Å². The Balaban J connectivity index is 1.48. The minimum Gasteiger partial charge on any atom is -0.387 e. The summed E-state index contributed by atoms with van der Waals surface area (Å²) in [6.07, 6.45) is 4.43. The molecule has 210 valence electrons. The van der Waals surface area contributed by atoms with Gasteiger partial charge in [0.25, 0.3) is 10.1 Å². The number of nitrogens with zero attached hydrogens (tertiary/aromatic N) is 1. The Bertz CT molecular complexity index is 1640. The van der Waals surface area contributed by atoms with E-state index in [1.165, 1.54) is 6.07 Å². The molecule has 8 heteroatoms. The van der Waals surface area contributed by atoms with Crippen LogP contribution in [-0.2, 0) is 36.9 Å². The second kappa shape index (κ2) is 9.23. The maximum Gasteiger partial charge on any atom is 0.294 e. The fourth-order valence-corrected chi connectivity index (χ4v) is 7.61. The molecule has 4 heterocycles. The molecule has 40 heavy (non-hydrogen) atoms. The van der Waals surface area contributed by atoms with Gasteiger partial charge < -0.3 is 10.1 Å². The van der Waals surface area contributed by atoms with Crippen LogP contribution in [0.15, 0.2) is 70.3 Å². The van der Waals surface area contributed by atoms with Crippen molar-refractivity contribution in [3.8, 4) is 0 Å². The molecule has 0 bridgehead atoms. The predicted octanol–water partition coefficient (Wildman–Crippen LogP) is 4.76. The number of carbonyl (C=O) groups is 1. The van der Waals surface area contributed by atoms with Crippen LogP contribution in [0.1, 0.15) is 64.2 Å². The monoisotopic (exact) mass is 561 g/mol. The number of fused-ring (bicyclic) bond motifs is 5. The van der Waals surface area contributed by atoms with Crippen LogP contribution in [0.3, 0.4) is 0 Å². The third-order valence-electron chi connectivity index (χ3n) is 9.04. The number of allylic oxidation sites excluding steroid dienone is 1. The quantitative estimate of drug-likeness (QED) is 0.404. The normalized spacial score (nSPS) is 23.5. The molecular weight excluding hydrogens is 524 g/mol. The molecule has 0 saturated heterocycles. The number of hydrogen-bond donors (Lipinski definition) is 2. The van der Waals surface area contributed by atoms with Crippen molar-refractivity contribution in [1.29, 1.82) is 0 Å². The maximum absolute atomic E-state index is 11.9. The summed E-state index contributed by atoms with van der Waals surface area (Å²) in [5.74, 6) is 0.145. The summed E-state index contributed by atoms with van der Waals surface area (Å²) in [5.41, 5.74) is 7.76. The zero-order chi connectivity index (χ0) is 28.6. The number of Topliss-reactive ketones (excluding diaryl/α,β-unsaturated/α-hetero) is 1. The molecule has 4 aliphatic heterocycles. The molecule has 0 aliphatic carbocycles. The van der Waals surface area contributed by atoms with Gasteiger partial charge in [0.1, 0.15) is 5.78 Å². The third-order valence-corrected chi connectivity index (χ3v) is 9.89. The van der Waals surface area contributed by atoms with Gasteiger partial charge in [-0.25, -0.2) is 0 Å². The molecule has 0 saturated carbocycles. The highest BCUT2D eigenvalue weighted by atomic mass is 32.2. The van der Waals surface area contributed by atoms with Gasteiger partial charge in [0.15, 0.2) is 12.3 Å². The lowest BCUT2D eigenvalue weighted by atomic mass is 9.73. The minimum absolute atomic E-state index is 0.00477. The number of ether oxygens (including phenoxy) is 1. The average molecular weight is 562 g/mol. The summed E-state index contributed by atoms with van der Waals surface area (Å²) in [6.45, 7) is 11.9. The second-order valence-electron chi connectivity index (χ2n) is 12.5. The van der Waals surface area contributed by atoms with E-state index in [2.05, 4.69) is 55.8 Å². The fraction of sp³-hybridized carbons (Fsp3) is 0.438. The number of ketones is 1. The summed E-state index contributed by atoms with van der Waals surface area (Å²) < 4.78 is 42.7. The zero-order valence-corrected chi connectivity index (χ0v) is 24.6. The Labute approximate surface area is 236 Å². The Morgan fingerprint density at radius 1 is 1.15 bits per heavy atom. The van der Waals surface area contributed by atoms with Gasteiger partial charge in [-0.15, -0.1) is 0 Å². The van der Waals surface area contributed by atoms with Crippen molar-refractivity contribution >= 4 is 27.3 Å². The Hall–Kier alpha value is -3.07. The van der Waals surface area contributed by atoms with Gasteiger partial charge >= 0.3 is 0 Å². The van der Waals surface area contributed by atoms with E-state index < -0.39 is 15.5 Å². The van der Waals surface area contributed by atoms with Crippen LogP contribution < -0.4 is 5.32 Å². The molecule has 7 nitrogen and oxygen atoms in total. The molecule has 2 aromatic carbocycles. The van der Waals surface area contributed by atoms with Crippen molar-refractivity contribution in [1.82, 2.24) is 5.32 Å². The molecule has 4 aliphatic rings. The molecule has 0 amide bonds. The lowest BCUT2D eigenvalue weighted by Gasteiger charge is -2.42. The molecule has 0 radical (unpaired) electrons. The Morgan fingerprint density at radius 2 is 1.93 bits per heavy atom. The van der Waals surface area contributed by atoms with Crippen LogP contribution in [-0.4, -0.2) is 54.3 Å². The summed E-state index contributed by atoms with van der Waals surface area (Å²) in [6, 6.07) is 13.2. The molecular formula is C32H37N2O5S+. The van der Waals surface area contributed by atoms with E-state index in [1.54, 1.807) is 13.0 Å². The molecule has 2 aromatic rings. The van der Waals surface area contributed by atoms with Crippen molar-refractivity contribution < 1.29 is 27.1 Å². The molecule has 0 fully saturated rings. The minimum atomic E-state index is -4.31. The number of carbonyl (C=O) groups excluding carboxylic acids is 1. The second-order valence-corrected chi connectivity index (χ2v) is 14.0. The maximum atomic E-state index is 11.9. The van der Waals surface area contributed by atoms with Crippen LogP contribution in [0.5, 0.6) is 0 Å². The van der Waals surface area contributed by atoms with Gasteiger partial charge in [0.2, 0.25) is 5.69 Å². The zero-order valence-electron chi connectivity index (χ0n) is 23.7. The smallest absolute Gasteiger partial charge is 0.294 e. The lowest BCUT2D eigenvalue weighted by molar-refractivity contribution is -0.445. The topological polar surface area (TPSA) is 95.7 Å². The van der Waals surface area contributed by atoms with Crippen molar-refractivity contribution in [2.75, 3.05) is 13.1 Å².